The zero-order valence-corrected chi connectivity index (χ0v) is 20.1. The molecule has 0 radical (unpaired) electrons. The Balaban J connectivity index is 1.74. The van der Waals surface area contributed by atoms with Gasteiger partial charge in [0.15, 0.2) is 5.13 Å². The average Bonchev–Trinajstić information content (AvgIpc) is 3.57. The predicted octanol–water partition coefficient (Wildman–Crippen LogP) is 0.776. The number of tetrazole rings is 1. The van der Waals surface area contributed by atoms with Crippen LogP contribution in [0.2, 0.25) is 0 Å². The minimum absolute atomic E-state index is 0.00276. The van der Waals surface area contributed by atoms with Crippen molar-refractivity contribution in [3.8, 4) is 22.5 Å². The van der Waals surface area contributed by atoms with E-state index in [1.807, 2.05) is 18.2 Å². The van der Waals surface area contributed by atoms with E-state index in [4.69, 9.17) is 16.6 Å². The van der Waals surface area contributed by atoms with Gasteiger partial charge in [-0.15, -0.1) is 10.2 Å². The number of aliphatic hydroxyl groups is 1. The van der Waals surface area contributed by atoms with Crippen molar-refractivity contribution in [3.05, 3.63) is 30.3 Å². The summed E-state index contributed by atoms with van der Waals surface area (Å²) in [5.41, 5.74) is 13.5. The fraction of sp³-hybridized carbons (Fsp3) is 0.263. The Morgan fingerprint density at radius 2 is 2.09 bits per heavy atom. The molecule has 4 aromatic rings. The first kappa shape index (κ1) is 23.1. The van der Waals surface area contributed by atoms with Gasteiger partial charge in [-0.3, -0.25) is 5.14 Å². The Hall–Kier alpha value is -2.66. The molecule has 1 atom stereocenters. The molecular weight excluding hydrogens is 498 g/mol. The summed E-state index contributed by atoms with van der Waals surface area (Å²) >= 11 is 2.13. The molecule has 3 heterocycles. The average molecular weight is 520 g/mol. The third-order valence-corrected chi connectivity index (χ3v) is 9.34. The van der Waals surface area contributed by atoms with E-state index < -0.39 is 15.6 Å². The summed E-state index contributed by atoms with van der Waals surface area (Å²) < 4.78 is 29.4. The number of rotatable bonds is 6. The molecule has 1 unspecified atom stereocenters. The second-order valence-corrected chi connectivity index (χ2v) is 11.6. The number of hydrogen-bond donors (Lipinski definition) is 5. The smallest absolute Gasteiger partial charge is 0.244 e. The van der Waals surface area contributed by atoms with Crippen LogP contribution in [0, 0.1) is 0 Å². The fourth-order valence-corrected chi connectivity index (χ4v) is 7.45. The Morgan fingerprint density at radius 1 is 1.26 bits per heavy atom. The van der Waals surface area contributed by atoms with Crippen LogP contribution >= 0.6 is 23.3 Å². The highest BCUT2D eigenvalue weighted by Gasteiger charge is 2.41. The van der Waals surface area contributed by atoms with Crippen LogP contribution in [0.3, 0.4) is 0 Å². The summed E-state index contributed by atoms with van der Waals surface area (Å²) in [6.45, 7) is -0.132. The number of nitrogen functional groups attached to an aromatic ring is 1. The number of aliphatic hydroxyl groups excluding tert-OH is 1. The standard InChI is InChI=1S/C19H21N9O3S3/c20-18-23-15-11(2-1-3-12(15)32-18)10-4-5-13(16(33-22)14(10)17-24-26-27-25-17)34(30,31)28-7-6-19(21,8-28)9-29/h1-5,29H,6-9,21-22H2,(H2,20,23)(H,24,25,26,27). The van der Waals surface area contributed by atoms with Crippen LogP contribution in [0.4, 0.5) is 5.13 Å². The summed E-state index contributed by atoms with van der Waals surface area (Å²) in [5.74, 6) is 0.185. The van der Waals surface area contributed by atoms with E-state index in [2.05, 4.69) is 25.6 Å². The SMILES string of the molecule is NSc1c(S(=O)(=O)N2CCC(N)(CO)C2)ccc(-c2cccc3sc(N)nc23)c1-c1nn[nH]n1. The normalized spacial score (nSPS) is 19.3. The Labute approximate surface area is 202 Å². The molecule has 178 valence electrons. The van der Waals surface area contributed by atoms with E-state index in [1.54, 1.807) is 6.07 Å². The highest BCUT2D eigenvalue weighted by atomic mass is 32.2. The van der Waals surface area contributed by atoms with Crippen molar-refractivity contribution >= 4 is 48.7 Å². The van der Waals surface area contributed by atoms with E-state index >= 15 is 0 Å². The van der Waals surface area contributed by atoms with Crippen LogP contribution in [0.5, 0.6) is 0 Å². The second-order valence-electron chi connectivity index (χ2n) is 7.98. The number of sulfonamides is 1. The Kier molecular flexibility index (Phi) is 5.79. The molecule has 2 aromatic carbocycles. The summed E-state index contributed by atoms with van der Waals surface area (Å²) in [5, 5.41) is 30.3. The highest BCUT2D eigenvalue weighted by Crippen LogP contribution is 2.44. The minimum atomic E-state index is -3.99. The molecule has 0 aliphatic carbocycles. The van der Waals surface area contributed by atoms with Crippen LogP contribution in [-0.2, 0) is 10.0 Å². The largest absolute Gasteiger partial charge is 0.394 e. The van der Waals surface area contributed by atoms with Crippen LogP contribution < -0.4 is 16.6 Å². The van der Waals surface area contributed by atoms with Gasteiger partial charge in [0.25, 0.3) is 0 Å². The molecule has 2 aromatic heterocycles. The molecule has 5 rings (SSSR count). The Bertz CT molecular complexity index is 1470. The number of thiazole rings is 1. The molecule has 0 spiro atoms. The molecule has 1 saturated heterocycles. The van der Waals surface area contributed by atoms with Crippen molar-refractivity contribution in [2.75, 3.05) is 25.4 Å². The van der Waals surface area contributed by atoms with E-state index in [1.165, 1.54) is 21.7 Å². The van der Waals surface area contributed by atoms with Crippen LogP contribution in [0.25, 0.3) is 32.7 Å². The number of nitrogens with one attached hydrogen (secondary N) is 1. The predicted molar refractivity (Wildman–Crippen MR) is 130 cm³/mol. The molecule has 8 N–H and O–H groups in total. The topological polar surface area (TPSA) is 203 Å². The minimum Gasteiger partial charge on any atom is -0.394 e. The number of hydrogen-bond acceptors (Lipinski definition) is 12. The van der Waals surface area contributed by atoms with E-state index in [0.717, 1.165) is 22.2 Å². The monoisotopic (exact) mass is 519 g/mol. The molecule has 1 fully saturated rings. The van der Waals surface area contributed by atoms with Gasteiger partial charge in [0.1, 0.15) is 0 Å². The highest BCUT2D eigenvalue weighted by molar-refractivity contribution is 7.98. The maximum Gasteiger partial charge on any atom is 0.244 e. The number of aromatic amines is 1. The fourth-order valence-electron chi connectivity index (χ4n) is 4.11. The van der Waals surface area contributed by atoms with Gasteiger partial charge in [-0.1, -0.05) is 29.5 Å². The number of nitrogens with zero attached hydrogens (tertiary/aromatic N) is 5. The molecule has 0 bridgehead atoms. The maximum atomic E-state index is 13.6. The number of anilines is 1. The lowest BCUT2D eigenvalue weighted by molar-refractivity contribution is 0.204. The molecule has 1 aliphatic rings. The number of nitrogens with two attached hydrogens (primary N) is 3. The van der Waals surface area contributed by atoms with Crippen LogP contribution in [0.1, 0.15) is 6.42 Å². The van der Waals surface area contributed by atoms with Gasteiger partial charge in [0.05, 0.1) is 32.2 Å². The summed E-state index contributed by atoms with van der Waals surface area (Å²) in [7, 11) is -3.99. The van der Waals surface area contributed by atoms with Gasteiger partial charge in [0, 0.05) is 24.2 Å². The zero-order valence-electron chi connectivity index (χ0n) is 17.7. The van der Waals surface area contributed by atoms with Crippen LogP contribution in [-0.4, -0.2) is 68.7 Å². The number of para-hydroxylation sites is 1. The number of benzene rings is 2. The van der Waals surface area contributed by atoms with Gasteiger partial charge in [-0.25, -0.2) is 13.4 Å². The molecule has 34 heavy (non-hydrogen) atoms. The van der Waals surface area contributed by atoms with E-state index in [9.17, 15) is 13.5 Å². The maximum absolute atomic E-state index is 13.6. The van der Waals surface area contributed by atoms with Crippen molar-refractivity contribution in [3.63, 3.8) is 0 Å². The molecule has 15 heteroatoms. The van der Waals surface area contributed by atoms with Gasteiger partial charge >= 0.3 is 0 Å². The Morgan fingerprint density at radius 3 is 2.76 bits per heavy atom. The van der Waals surface area contributed by atoms with Crippen molar-refractivity contribution in [1.82, 2.24) is 29.9 Å². The molecule has 12 nitrogen and oxygen atoms in total. The number of fused-ring (bicyclic) bond motifs is 1. The lowest BCUT2D eigenvalue weighted by Gasteiger charge is -2.23. The van der Waals surface area contributed by atoms with E-state index in [0.29, 0.717) is 28.2 Å². The summed E-state index contributed by atoms with van der Waals surface area (Å²) in [4.78, 5) is 4.71. The van der Waals surface area contributed by atoms with E-state index in [-0.39, 0.29) is 35.3 Å². The zero-order chi connectivity index (χ0) is 24.1. The summed E-state index contributed by atoms with van der Waals surface area (Å²) in [6.07, 6.45) is 0.344. The number of H-pyrrole nitrogens is 1. The van der Waals surface area contributed by atoms with Crippen molar-refractivity contribution in [2.24, 2.45) is 10.9 Å². The first-order chi connectivity index (χ1) is 16.3. The van der Waals surface area contributed by atoms with Crippen molar-refractivity contribution < 1.29 is 13.5 Å². The lowest BCUT2D eigenvalue weighted by Crippen LogP contribution is -2.46. The molecule has 0 amide bonds. The first-order valence-electron chi connectivity index (χ1n) is 10.1. The third-order valence-electron chi connectivity index (χ3n) is 5.82. The summed E-state index contributed by atoms with van der Waals surface area (Å²) in [6, 6.07) is 8.83. The van der Waals surface area contributed by atoms with Gasteiger partial charge in [-0.05, 0) is 41.3 Å². The van der Waals surface area contributed by atoms with Crippen LogP contribution in [0.15, 0.2) is 40.1 Å². The van der Waals surface area contributed by atoms with Crippen molar-refractivity contribution in [1.29, 1.82) is 0 Å². The van der Waals surface area contributed by atoms with Crippen molar-refractivity contribution in [2.45, 2.75) is 21.8 Å². The lowest BCUT2D eigenvalue weighted by atomic mass is 9.98. The third kappa shape index (κ3) is 3.74. The molecule has 1 aliphatic heterocycles. The second kappa shape index (κ2) is 8.53. The molecular formula is C19H21N9O3S3. The van der Waals surface area contributed by atoms with Gasteiger partial charge in [0.2, 0.25) is 15.8 Å². The first-order valence-corrected chi connectivity index (χ1v) is 13.2. The molecule has 0 saturated carbocycles. The quantitative estimate of drug-likeness (QED) is 0.225. The van der Waals surface area contributed by atoms with Gasteiger partial charge < -0.3 is 16.6 Å². The van der Waals surface area contributed by atoms with Gasteiger partial charge in [-0.2, -0.15) is 9.52 Å². The number of aromatic nitrogens is 5.